The topological polar surface area (TPSA) is 106 Å². The van der Waals surface area contributed by atoms with Gasteiger partial charge in [0.1, 0.15) is 5.82 Å². The quantitative estimate of drug-likeness (QED) is 0.611. The van der Waals surface area contributed by atoms with Crippen molar-refractivity contribution in [2.45, 2.75) is 26.3 Å². The van der Waals surface area contributed by atoms with Crippen molar-refractivity contribution in [3.63, 3.8) is 0 Å². The Hall–Kier alpha value is -3.22. The van der Waals surface area contributed by atoms with E-state index in [-0.39, 0.29) is 6.04 Å². The predicted molar refractivity (Wildman–Crippen MR) is 117 cm³/mol. The first-order chi connectivity index (χ1) is 13.4. The zero-order valence-electron chi connectivity index (χ0n) is 17.0. The molecule has 0 amide bonds. The molecule has 0 bridgehead atoms. The first-order valence-corrected chi connectivity index (χ1v) is 9.40. The summed E-state index contributed by atoms with van der Waals surface area (Å²) in [5, 5.41) is 11.6. The first kappa shape index (κ1) is 19.5. The Morgan fingerprint density at radius 3 is 2.79 bits per heavy atom. The van der Waals surface area contributed by atoms with E-state index in [4.69, 9.17) is 11.5 Å². The van der Waals surface area contributed by atoms with Gasteiger partial charge in [0.15, 0.2) is 0 Å². The van der Waals surface area contributed by atoms with E-state index in [1.54, 1.807) is 19.5 Å². The molecule has 1 unspecified atom stereocenters. The van der Waals surface area contributed by atoms with Gasteiger partial charge in [-0.3, -0.25) is 9.67 Å². The van der Waals surface area contributed by atoms with Crippen LogP contribution < -0.4 is 22.1 Å². The van der Waals surface area contributed by atoms with Crippen LogP contribution in [0.4, 0.5) is 5.82 Å². The Balaban J connectivity index is 2.11. The number of aryl methyl sites for hydroxylation is 2. The molecular weight excluding hydrogens is 350 g/mol. The maximum atomic E-state index is 6.18. The molecule has 0 saturated heterocycles. The predicted octanol–water partition coefficient (Wildman–Crippen LogP) is 2.52. The first-order valence-electron chi connectivity index (χ1n) is 9.40. The fourth-order valence-electron chi connectivity index (χ4n) is 3.63. The molecule has 28 heavy (non-hydrogen) atoms. The normalized spacial score (nSPS) is 19.1. The lowest BCUT2D eigenvalue weighted by Crippen LogP contribution is -2.17. The molecule has 1 aliphatic heterocycles. The number of nitrogens with zero attached hydrogens (tertiary/aromatic N) is 3. The second-order valence-electron chi connectivity index (χ2n) is 7.08. The molecule has 1 aromatic carbocycles. The Labute approximate surface area is 166 Å². The third-order valence-electron chi connectivity index (χ3n) is 4.93. The van der Waals surface area contributed by atoms with Gasteiger partial charge in [-0.05, 0) is 37.5 Å². The van der Waals surface area contributed by atoms with Crippen molar-refractivity contribution in [3.05, 3.63) is 58.5 Å². The second kappa shape index (κ2) is 8.21. The zero-order chi connectivity index (χ0) is 20.3. The van der Waals surface area contributed by atoms with Crippen LogP contribution in [0.25, 0.3) is 11.3 Å². The number of fused-ring (bicyclic) bond motifs is 1. The number of nitrogens with one attached hydrogen (secondary N) is 2. The van der Waals surface area contributed by atoms with E-state index in [2.05, 4.69) is 45.0 Å². The van der Waals surface area contributed by atoms with Crippen LogP contribution in [0.5, 0.6) is 0 Å². The highest BCUT2D eigenvalue weighted by atomic mass is 15.3. The number of aliphatic imine (C=N–C) groups is 1. The minimum Gasteiger partial charge on any atom is -0.404 e. The van der Waals surface area contributed by atoms with Crippen molar-refractivity contribution in [1.29, 1.82) is 0 Å². The second-order valence-corrected chi connectivity index (χ2v) is 7.08. The Morgan fingerprint density at radius 1 is 1.39 bits per heavy atom. The van der Waals surface area contributed by atoms with E-state index in [9.17, 15) is 0 Å². The molecule has 0 fully saturated rings. The lowest BCUT2D eigenvalue weighted by molar-refractivity contribution is 0.665. The summed E-state index contributed by atoms with van der Waals surface area (Å²) >= 11 is 0. The molecule has 2 heterocycles. The summed E-state index contributed by atoms with van der Waals surface area (Å²) < 4.78 is 1.87. The van der Waals surface area contributed by atoms with Crippen LogP contribution in [0.2, 0.25) is 0 Å². The molecule has 6 N–H and O–H groups in total. The van der Waals surface area contributed by atoms with Gasteiger partial charge in [-0.25, -0.2) is 0 Å². The fourth-order valence-corrected chi connectivity index (χ4v) is 3.63. The van der Waals surface area contributed by atoms with Gasteiger partial charge >= 0.3 is 0 Å². The molecule has 0 aliphatic carbocycles. The Kier molecular flexibility index (Phi) is 5.73. The van der Waals surface area contributed by atoms with E-state index in [1.165, 1.54) is 5.56 Å². The van der Waals surface area contributed by atoms with Crippen LogP contribution in [0.3, 0.4) is 0 Å². The van der Waals surface area contributed by atoms with Gasteiger partial charge in [0, 0.05) is 56.0 Å². The summed E-state index contributed by atoms with van der Waals surface area (Å²) in [6, 6.07) is 8.49. The third kappa shape index (κ3) is 3.88. The molecule has 7 heteroatoms. The summed E-state index contributed by atoms with van der Waals surface area (Å²) in [4.78, 5) is 4.12. The van der Waals surface area contributed by atoms with Crippen molar-refractivity contribution in [3.8, 4) is 0 Å². The lowest BCUT2D eigenvalue weighted by Gasteiger charge is -2.21. The average molecular weight is 380 g/mol. The van der Waals surface area contributed by atoms with E-state index >= 15 is 0 Å². The van der Waals surface area contributed by atoms with Gasteiger partial charge in [0.05, 0.1) is 17.4 Å². The molecule has 7 nitrogen and oxygen atoms in total. The largest absolute Gasteiger partial charge is 0.404 e. The smallest absolute Gasteiger partial charge is 0.124 e. The highest BCUT2D eigenvalue weighted by molar-refractivity contribution is 6.09. The van der Waals surface area contributed by atoms with E-state index < -0.39 is 0 Å². The summed E-state index contributed by atoms with van der Waals surface area (Å²) in [5.74, 6) is 0.987. The van der Waals surface area contributed by atoms with Gasteiger partial charge < -0.3 is 22.1 Å². The van der Waals surface area contributed by atoms with Crippen LogP contribution in [0, 0.1) is 6.92 Å². The number of anilines is 1. The van der Waals surface area contributed by atoms with Crippen LogP contribution >= 0.6 is 0 Å². The Bertz CT molecular complexity index is 946. The average Bonchev–Trinajstić information content (AvgIpc) is 2.87. The standard InChI is InChI=1S/C21H29N7/c1-13-9-20(28(4)27-13)26-19-7-8-25-21(14(2)23)17-6-5-15(10-18(17)19)16(11-22)12-24-3/h5-6,9-12,19,25-26H,7-8,22-23H2,1-4H3/b16-11?,21-14-,24-12?. The van der Waals surface area contributed by atoms with Gasteiger partial charge in [-0.2, -0.15) is 5.10 Å². The molecule has 3 rings (SSSR count). The van der Waals surface area contributed by atoms with Crippen molar-refractivity contribution in [2.24, 2.45) is 23.5 Å². The van der Waals surface area contributed by atoms with E-state index in [0.29, 0.717) is 0 Å². The van der Waals surface area contributed by atoms with Crippen LogP contribution in [0.1, 0.15) is 41.8 Å². The highest BCUT2D eigenvalue weighted by Gasteiger charge is 2.23. The van der Waals surface area contributed by atoms with Gasteiger partial charge in [0.2, 0.25) is 0 Å². The maximum Gasteiger partial charge on any atom is 0.124 e. The minimum atomic E-state index is 0.103. The molecule has 0 saturated carbocycles. The van der Waals surface area contributed by atoms with Gasteiger partial charge in [-0.15, -0.1) is 0 Å². The molecule has 0 radical (unpaired) electrons. The molecule has 2 aromatic rings. The van der Waals surface area contributed by atoms with Crippen LogP contribution in [0.15, 0.2) is 41.2 Å². The molecule has 1 aliphatic rings. The number of hydrogen-bond donors (Lipinski definition) is 4. The lowest BCUT2D eigenvalue weighted by atomic mass is 9.93. The summed E-state index contributed by atoms with van der Waals surface area (Å²) in [6.45, 7) is 4.73. The molecule has 1 aromatic heterocycles. The minimum absolute atomic E-state index is 0.103. The van der Waals surface area contributed by atoms with Crippen LogP contribution in [-0.2, 0) is 7.05 Å². The van der Waals surface area contributed by atoms with Gasteiger partial charge in [-0.1, -0.05) is 12.1 Å². The summed E-state index contributed by atoms with van der Waals surface area (Å²) in [6.07, 6.45) is 4.26. The summed E-state index contributed by atoms with van der Waals surface area (Å²) in [7, 11) is 3.69. The molecular formula is C21H29N7. The number of aromatic nitrogens is 2. The zero-order valence-corrected chi connectivity index (χ0v) is 17.0. The van der Waals surface area contributed by atoms with Crippen molar-refractivity contribution >= 4 is 23.3 Å². The monoisotopic (exact) mass is 379 g/mol. The SMILES string of the molecule is CN=CC(=CN)c1ccc2c(c1)C(Nc1cc(C)nn1C)CCN/C2=C(/C)N. The summed E-state index contributed by atoms with van der Waals surface area (Å²) in [5.41, 5.74) is 18.9. The molecule has 1 atom stereocenters. The highest BCUT2D eigenvalue weighted by Crippen LogP contribution is 2.34. The maximum absolute atomic E-state index is 6.18. The fraction of sp³-hybridized carbons (Fsp3) is 0.333. The van der Waals surface area contributed by atoms with E-state index in [0.717, 1.165) is 52.6 Å². The number of nitrogens with two attached hydrogens (primary N) is 2. The molecule has 148 valence electrons. The number of hydrogen-bond acceptors (Lipinski definition) is 6. The van der Waals surface area contributed by atoms with E-state index in [1.807, 2.05) is 25.6 Å². The number of rotatable bonds is 4. The molecule has 0 spiro atoms. The Morgan fingerprint density at radius 2 is 2.18 bits per heavy atom. The van der Waals surface area contributed by atoms with Gasteiger partial charge in [0.25, 0.3) is 0 Å². The van der Waals surface area contributed by atoms with Crippen LogP contribution in [-0.4, -0.2) is 29.6 Å². The number of benzene rings is 1. The van der Waals surface area contributed by atoms with Crippen molar-refractivity contribution < 1.29 is 0 Å². The number of allylic oxidation sites excluding steroid dienone is 2. The van der Waals surface area contributed by atoms with Crippen molar-refractivity contribution in [2.75, 3.05) is 18.9 Å². The van der Waals surface area contributed by atoms with Crippen molar-refractivity contribution in [1.82, 2.24) is 15.1 Å². The third-order valence-corrected chi connectivity index (χ3v) is 4.93.